The van der Waals surface area contributed by atoms with Gasteiger partial charge >= 0.3 is 0 Å². The first-order valence-electron chi connectivity index (χ1n) is 13.0. The van der Waals surface area contributed by atoms with E-state index in [4.69, 9.17) is 0 Å². The lowest BCUT2D eigenvalue weighted by molar-refractivity contribution is -0.116. The molecule has 1 aliphatic heterocycles. The Morgan fingerprint density at radius 1 is 0.973 bits per heavy atom. The molecule has 0 bridgehead atoms. The second kappa shape index (κ2) is 10.8. The molecular formula is C31H31F2N3O. The summed E-state index contributed by atoms with van der Waals surface area (Å²) in [4.78, 5) is 15.3. The van der Waals surface area contributed by atoms with Crippen LogP contribution in [0.3, 0.4) is 0 Å². The highest BCUT2D eigenvalue weighted by Gasteiger charge is 2.37. The first kappa shape index (κ1) is 25.1. The Morgan fingerprint density at radius 3 is 2.32 bits per heavy atom. The average Bonchev–Trinajstić information content (AvgIpc) is 3.72. The van der Waals surface area contributed by atoms with Crippen LogP contribution in [0.4, 0.5) is 14.5 Å². The molecule has 3 aromatic rings. The zero-order chi connectivity index (χ0) is 25.8. The van der Waals surface area contributed by atoms with Gasteiger partial charge < -0.3 is 10.2 Å². The molecule has 1 saturated carbocycles. The quantitative estimate of drug-likeness (QED) is 0.377. The third-order valence-electron chi connectivity index (χ3n) is 7.83. The number of rotatable bonds is 8. The van der Waals surface area contributed by atoms with E-state index in [-0.39, 0.29) is 23.4 Å². The van der Waals surface area contributed by atoms with Crippen LogP contribution in [-0.2, 0) is 10.2 Å². The minimum Gasteiger partial charge on any atom is -0.326 e. The third kappa shape index (κ3) is 6.23. The molecule has 0 spiro atoms. The Bertz CT molecular complexity index is 1280. The van der Waals surface area contributed by atoms with Gasteiger partial charge in [0.1, 0.15) is 11.6 Å². The van der Waals surface area contributed by atoms with Gasteiger partial charge in [-0.1, -0.05) is 36.4 Å². The number of carbonyl (C=O) groups is 1. The monoisotopic (exact) mass is 499 g/mol. The Kier molecular flexibility index (Phi) is 7.34. The van der Waals surface area contributed by atoms with Gasteiger partial charge in [0, 0.05) is 24.7 Å². The first-order valence-corrected chi connectivity index (χ1v) is 13.0. The number of hydrogen-bond acceptors (Lipinski definition) is 3. The summed E-state index contributed by atoms with van der Waals surface area (Å²) < 4.78 is 27.1. The molecule has 3 aromatic carbocycles. The van der Waals surface area contributed by atoms with Crippen molar-refractivity contribution in [2.75, 3.05) is 25.0 Å². The van der Waals surface area contributed by atoms with Crippen LogP contribution in [0, 0.1) is 28.9 Å². The molecular weight excluding hydrogens is 468 g/mol. The van der Waals surface area contributed by atoms with Gasteiger partial charge in [-0.3, -0.25) is 4.79 Å². The van der Waals surface area contributed by atoms with Crippen molar-refractivity contribution in [2.24, 2.45) is 5.92 Å². The van der Waals surface area contributed by atoms with Crippen molar-refractivity contribution in [3.05, 3.63) is 89.5 Å². The number of carbonyl (C=O) groups excluding carboxylic acids is 1. The van der Waals surface area contributed by atoms with E-state index in [1.54, 1.807) is 6.07 Å². The van der Waals surface area contributed by atoms with Crippen molar-refractivity contribution in [1.29, 1.82) is 5.26 Å². The molecule has 0 aromatic heterocycles. The number of amides is 1. The Hall–Kier alpha value is -3.56. The maximum atomic E-state index is 13.6. The molecule has 37 heavy (non-hydrogen) atoms. The van der Waals surface area contributed by atoms with Crippen LogP contribution in [-0.4, -0.2) is 30.4 Å². The van der Waals surface area contributed by atoms with Gasteiger partial charge in [0.2, 0.25) is 5.91 Å². The van der Waals surface area contributed by atoms with Gasteiger partial charge in [-0.25, -0.2) is 8.78 Å². The number of benzene rings is 3. The number of anilines is 1. The van der Waals surface area contributed by atoms with Crippen LogP contribution < -0.4 is 5.32 Å². The molecule has 0 unspecified atom stereocenters. The number of likely N-dealkylation sites (tertiary alicyclic amines) is 1. The SMILES string of the molecule is N#Cc1cccc(-c2ccc(C3(CCC(=O)Nc4cc(F)cc(F)c4)CCN(CC4CC4)CC3)cc2)c1. The van der Waals surface area contributed by atoms with Gasteiger partial charge in [-0.15, -0.1) is 0 Å². The molecule has 0 radical (unpaired) electrons. The highest BCUT2D eigenvalue weighted by Crippen LogP contribution is 2.41. The lowest BCUT2D eigenvalue weighted by Gasteiger charge is -2.42. The molecule has 1 saturated heterocycles. The van der Waals surface area contributed by atoms with E-state index in [1.165, 1.54) is 18.4 Å². The highest BCUT2D eigenvalue weighted by molar-refractivity contribution is 5.90. The summed E-state index contributed by atoms with van der Waals surface area (Å²) in [7, 11) is 0. The predicted molar refractivity (Wildman–Crippen MR) is 141 cm³/mol. The number of nitriles is 1. The summed E-state index contributed by atoms with van der Waals surface area (Å²) in [6.45, 7) is 3.16. The van der Waals surface area contributed by atoms with Crippen molar-refractivity contribution in [3.8, 4) is 17.2 Å². The van der Waals surface area contributed by atoms with Crippen molar-refractivity contribution in [2.45, 2.75) is 43.9 Å². The fraction of sp³-hybridized carbons (Fsp3) is 0.355. The van der Waals surface area contributed by atoms with E-state index >= 15 is 0 Å². The van der Waals surface area contributed by atoms with Gasteiger partial charge in [0.15, 0.2) is 0 Å². The Balaban J connectivity index is 1.32. The first-order chi connectivity index (χ1) is 17.9. The minimum absolute atomic E-state index is 0.139. The summed E-state index contributed by atoms with van der Waals surface area (Å²) in [5.74, 6) is -0.825. The topological polar surface area (TPSA) is 56.1 Å². The fourth-order valence-electron chi connectivity index (χ4n) is 5.50. The molecule has 1 aliphatic carbocycles. The number of halogens is 2. The zero-order valence-electron chi connectivity index (χ0n) is 20.9. The molecule has 190 valence electrons. The summed E-state index contributed by atoms with van der Waals surface area (Å²) in [6.07, 6.45) is 5.52. The summed E-state index contributed by atoms with van der Waals surface area (Å²) in [5, 5.41) is 11.9. The number of hydrogen-bond donors (Lipinski definition) is 1. The number of piperidine rings is 1. The third-order valence-corrected chi connectivity index (χ3v) is 7.83. The molecule has 4 nitrogen and oxygen atoms in total. The van der Waals surface area contributed by atoms with Crippen LogP contribution in [0.5, 0.6) is 0 Å². The molecule has 0 atom stereocenters. The van der Waals surface area contributed by atoms with Gasteiger partial charge in [0.05, 0.1) is 11.6 Å². The molecule has 2 aliphatic rings. The fourth-order valence-corrected chi connectivity index (χ4v) is 5.50. The number of nitrogens with one attached hydrogen (secondary N) is 1. The second-order valence-electron chi connectivity index (χ2n) is 10.5. The van der Waals surface area contributed by atoms with E-state index in [0.29, 0.717) is 12.0 Å². The summed E-state index contributed by atoms with van der Waals surface area (Å²) in [5.41, 5.74) is 3.89. The lowest BCUT2D eigenvalue weighted by Crippen LogP contribution is -2.43. The summed E-state index contributed by atoms with van der Waals surface area (Å²) >= 11 is 0. The van der Waals surface area contributed by atoms with Gasteiger partial charge in [0.25, 0.3) is 0 Å². The lowest BCUT2D eigenvalue weighted by atomic mass is 9.69. The van der Waals surface area contributed by atoms with Crippen LogP contribution in [0.25, 0.3) is 11.1 Å². The number of nitrogens with zero attached hydrogens (tertiary/aromatic N) is 2. The maximum absolute atomic E-state index is 13.6. The standard InChI is InChI=1S/C31H31F2N3O/c32-27-17-28(33)19-29(18-27)35-30(37)10-11-31(12-14-36(15-13-31)21-22-4-5-22)26-8-6-24(7-9-26)25-3-1-2-23(16-25)20-34/h1-3,6-9,16-19,22H,4-5,10-15,21H2,(H,35,37). The van der Waals surface area contributed by atoms with Crippen molar-refractivity contribution < 1.29 is 13.6 Å². The van der Waals surface area contributed by atoms with Crippen LogP contribution in [0.1, 0.15) is 49.7 Å². The molecule has 1 N–H and O–H groups in total. The van der Waals surface area contributed by atoms with Crippen LogP contribution in [0.2, 0.25) is 0 Å². The molecule has 2 fully saturated rings. The Morgan fingerprint density at radius 2 is 1.68 bits per heavy atom. The summed E-state index contributed by atoms with van der Waals surface area (Å²) in [6, 6.07) is 21.3. The molecule has 1 amide bonds. The smallest absolute Gasteiger partial charge is 0.224 e. The van der Waals surface area contributed by atoms with E-state index in [9.17, 15) is 18.8 Å². The van der Waals surface area contributed by atoms with Crippen molar-refractivity contribution in [3.63, 3.8) is 0 Å². The minimum atomic E-state index is -0.713. The molecule has 5 rings (SSSR count). The predicted octanol–water partition coefficient (Wildman–Crippen LogP) is 6.67. The van der Waals surface area contributed by atoms with E-state index in [2.05, 4.69) is 40.6 Å². The van der Waals surface area contributed by atoms with Crippen molar-refractivity contribution in [1.82, 2.24) is 4.90 Å². The average molecular weight is 500 g/mol. The van der Waals surface area contributed by atoms with Gasteiger partial charge in [-0.05, 0) is 97.5 Å². The zero-order valence-corrected chi connectivity index (χ0v) is 20.9. The van der Waals surface area contributed by atoms with E-state index in [1.807, 2.05) is 18.2 Å². The maximum Gasteiger partial charge on any atom is 0.224 e. The van der Waals surface area contributed by atoms with Gasteiger partial charge in [-0.2, -0.15) is 5.26 Å². The second-order valence-corrected chi connectivity index (χ2v) is 10.5. The van der Waals surface area contributed by atoms with E-state index < -0.39 is 11.6 Å². The normalized spacial score (nSPS) is 17.2. The van der Waals surface area contributed by atoms with Crippen molar-refractivity contribution >= 4 is 11.6 Å². The van der Waals surface area contributed by atoms with E-state index in [0.717, 1.165) is 67.7 Å². The Labute approximate surface area is 216 Å². The highest BCUT2D eigenvalue weighted by atomic mass is 19.1. The van der Waals surface area contributed by atoms with Crippen LogP contribution in [0.15, 0.2) is 66.7 Å². The van der Waals surface area contributed by atoms with Crippen LogP contribution >= 0.6 is 0 Å². The molecule has 1 heterocycles. The molecule has 6 heteroatoms. The largest absolute Gasteiger partial charge is 0.326 e.